The van der Waals surface area contributed by atoms with Gasteiger partial charge in [0.2, 0.25) is 17.0 Å². The average Bonchev–Trinajstić information content (AvgIpc) is 3.61. The van der Waals surface area contributed by atoms with Crippen molar-refractivity contribution in [2.75, 3.05) is 11.9 Å². The molecule has 0 unspecified atom stereocenters. The molecule has 0 aliphatic carbocycles. The zero-order valence-electron chi connectivity index (χ0n) is 19.5. The molecular weight excluding hydrogens is 478 g/mol. The molecule has 0 spiro atoms. The van der Waals surface area contributed by atoms with Crippen LogP contribution in [0.15, 0.2) is 69.2 Å². The molecule has 0 saturated carbocycles. The SMILES string of the molecule is Cc1ccc2oc(-c3nnn[nH]3)c(NC(=O)c3ccc(OCCCCc4cccs4)cc3)c(=O)c2c1. The number of hydrogen-bond donors (Lipinski definition) is 2. The second-order valence-corrected chi connectivity index (χ2v) is 9.28. The van der Waals surface area contributed by atoms with Crippen LogP contribution in [0, 0.1) is 6.92 Å². The van der Waals surface area contributed by atoms with Crippen LogP contribution in [-0.2, 0) is 6.42 Å². The van der Waals surface area contributed by atoms with Gasteiger partial charge < -0.3 is 14.5 Å². The van der Waals surface area contributed by atoms with Crippen LogP contribution in [0.5, 0.6) is 5.75 Å². The number of thiophene rings is 1. The van der Waals surface area contributed by atoms with Crippen molar-refractivity contribution in [2.24, 2.45) is 0 Å². The van der Waals surface area contributed by atoms with E-state index in [0.29, 0.717) is 28.9 Å². The number of fused-ring (bicyclic) bond motifs is 1. The van der Waals surface area contributed by atoms with E-state index in [1.54, 1.807) is 47.7 Å². The minimum atomic E-state index is -0.467. The number of anilines is 1. The van der Waals surface area contributed by atoms with Gasteiger partial charge in [0.05, 0.1) is 12.0 Å². The van der Waals surface area contributed by atoms with Gasteiger partial charge in [0.1, 0.15) is 17.0 Å². The largest absolute Gasteiger partial charge is 0.494 e. The fourth-order valence-corrected chi connectivity index (χ4v) is 4.53. The van der Waals surface area contributed by atoms with Gasteiger partial charge in [-0.15, -0.1) is 16.4 Å². The summed E-state index contributed by atoms with van der Waals surface area (Å²) in [5.74, 6) is 0.396. The lowest BCUT2D eigenvalue weighted by Gasteiger charge is -2.11. The molecule has 1 amide bonds. The number of ether oxygens (including phenoxy) is 1. The lowest BCUT2D eigenvalue weighted by Crippen LogP contribution is -2.20. The Morgan fingerprint density at radius 1 is 1.14 bits per heavy atom. The lowest BCUT2D eigenvalue weighted by molar-refractivity contribution is 0.102. The van der Waals surface area contributed by atoms with Crippen molar-refractivity contribution >= 4 is 33.9 Å². The summed E-state index contributed by atoms with van der Waals surface area (Å²) >= 11 is 1.77. The van der Waals surface area contributed by atoms with Gasteiger partial charge in [-0.2, -0.15) is 0 Å². The number of carbonyl (C=O) groups is 1. The summed E-state index contributed by atoms with van der Waals surface area (Å²) in [6.45, 7) is 2.47. The Kier molecular flexibility index (Phi) is 6.85. The topological polar surface area (TPSA) is 123 Å². The minimum absolute atomic E-state index is 0.0392. The molecule has 2 N–H and O–H groups in total. The van der Waals surface area contributed by atoms with E-state index < -0.39 is 5.91 Å². The summed E-state index contributed by atoms with van der Waals surface area (Å²) in [5.41, 5.74) is 1.20. The summed E-state index contributed by atoms with van der Waals surface area (Å²) < 4.78 is 11.7. The van der Waals surface area contributed by atoms with Crippen LogP contribution in [0.1, 0.15) is 33.6 Å². The first-order valence-corrected chi connectivity index (χ1v) is 12.3. The number of benzene rings is 2. The zero-order valence-corrected chi connectivity index (χ0v) is 20.3. The fourth-order valence-electron chi connectivity index (χ4n) is 3.78. The number of rotatable bonds is 9. The van der Waals surface area contributed by atoms with E-state index in [0.717, 1.165) is 24.8 Å². The first-order chi connectivity index (χ1) is 17.6. The second kappa shape index (κ2) is 10.5. The van der Waals surface area contributed by atoms with E-state index in [1.807, 2.05) is 13.0 Å². The van der Waals surface area contributed by atoms with Crippen molar-refractivity contribution < 1.29 is 13.9 Å². The summed E-state index contributed by atoms with van der Waals surface area (Å²) in [6.07, 6.45) is 3.04. The Morgan fingerprint density at radius 3 is 2.75 bits per heavy atom. The first-order valence-electron chi connectivity index (χ1n) is 11.5. The van der Waals surface area contributed by atoms with E-state index in [9.17, 15) is 9.59 Å². The Hall–Kier alpha value is -4.31. The van der Waals surface area contributed by atoms with Gasteiger partial charge in [-0.3, -0.25) is 9.59 Å². The van der Waals surface area contributed by atoms with E-state index in [1.165, 1.54) is 4.88 Å². The highest BCUT2D eigenvalue weighted by Gasteiger charge is 2.21. The van der Waals surface area contributed by atoms with Gasteiger partial charge in [-0.1, -0.05) is 17.7 Å². The molecule has 182 valence electrons. The Bertz CT molecular complexity index is 1530. The van der Waals surface area contributed by atoms with Gasteiger partial charge in [0, 0.05) is 10.4 Å². The maximum Gasteiger partial charge on any atom is 0.255 e. The Balaban J connectivity index is 1.29. The predicted molar refractivity (Wildman–Crippen MR) is 138 cm³/mol. The van der Waals surface area contributed by atoms with Gasteiger partial charge in [-0.05, 0) is 84.5 Å². The van der Waals surface area contributed by atoms with Crippen molar-refractivity contribution in [2.45, 2.75) is 26.2 Å². The molecule has 36 heavy (non-hydrogen) atoms. The molecule has 5 aromatic rings. The summed E-state index contributed by atoms with van der Waals surface area (Å²) in [6, 6.07) is 16.2. The number of H-pyrrole nitrogens is 1. The van der Waals surface area contributed by atoms with Gasteiger partial charge in [0.15, 0.2) is 0 Å². The normalized spacial score (nSPS) is 11.0. The molecule has 3 heterocycles. The highest BCUT2D eigenvalue weighted by Crippen LogP contribution is 2.27. The van der Waals surface area contributed by atoms with Crippen molar-refractivity contribution in [3.63, 3.8) is 0 Å². The number of nitrogens with one attached hydrogen (secondary N) is 2. The number of aryl methyl sites for hydroxylation is 2. The predicted octanol–water partition coefficient (Wildman–Crippen LogP) is 5.00. The summed E-state index contributed by atoms with van der Waals surface area (Å²) in [5, 5.41) is 18.7. The van der Waals surface area contributed by atoms with Crippen LogP contribution in [-0.4, -0.2) is 33.1 Å². The van der Waals surface area contributed by atoms with E-state index >= 15 is 0 Å². The molecule has 0 fully saturated rings. The summed E-state index contributed by atoms with van der Waals surface area (Å²) in [4.78, 5) is 27.7. The highest BCUT2D eigenvalue weighted by molar-refractivity contribution is 7.09. The average molecular weight is 502 g/mol. The number of aromatic amines is 1. The van der Waals surface area contributed by atoms with Crippen LogP contribution in [0.3, 0.4) is 0 Å². The van der Waals surface area contributed by atoms with Crippen LogP contribution < -0.4 is 15.5 Å². The smallest absolute Gasteiger partial charge is 0.255 e. The fraction of sp³-hybridized carbons (Fsp3) is 0.192. The molecular formula is C26H23N5O4S. The molecule has 3 aromatic heterocycles. The number of carbonyl (C=O) groups excluding carboxylic acids is 1. The maximum atomic E-state index is 13.3. The molecule has 9 nitrogen and oxygen atoms in total. The van der Waals surface area contributed by atoms with Crippen molar-refractivity contribution in [1.29, 1.82) is 0 Å². The third-order valence-electron chi connectivity index (χ3n) is 5.63. The third kappa shape index (κ3) is 5.18. The highest BCUT2D eigenvalue weighted by atomic mass is 32.1. The van der Waals surface area contributed by atoms with Crippen LogP contribution >= 0.6 is 11.3 Å². The number of nitrogens with zero attached hydrogens (tertiary/aromatic N) is 3. The summed E-state index contributed by atoms with van der Waals surface area (Å²) in [7, 11) is 0. The number of hydrogen-bond acceptors (Lipinski definition) is 8. The number of tetrazole rings is 1. The monoisotopic (exact) mass is 501 g/mol. The Labute approximate surface area is 210 Å². The number of unbranched alkanes of at least 4 members (excludes halogenated alkanes) is 1. The van der Waals surface area contributed by atoms with E-state index in [2.05, 4.69) is 43.5 Å². The molecule has 0 radical (unpaired) electrons. The molecule has 10 heteroatoms. The van der Waals surface area contributed by atoms with E-state index in [4.69, 9.17) is 9.15 Å². The van der Waals surface area contributed by atoms with Crippen LogP contribution in [0.2, 0.25) is 0 Å². The molecule has 0 aliphatic heterocycles. The molecule has 2 aromatic carbocycles. The van der Waals surface area contributed by atoms with Gasteiger partial charge in [0.25, 0.3) is 5.91 Å². The molecule has 0 saturated heterocycles. The van der Waals surface area contributed by atoms with Gasteiger partial charge in [-0.25, -0.2) is 5.10 Å². The lowest BCUT2D eigenvalue weighted by atomic mass is 10.1. The molecule has 5 rings (SSSR count). The second-order valence-electron chi connectivity index (χ2n) is 8.25. The zero-order chi connectivity index (χ0) is 24.9. The Morgan fingerprint density at radius 2 is 2.00 bits per heavy atom. The molecule has 0 atom stereocenters. The third-order valence-corrected chi connectivity index (χ3v) is 6.56. The molecule has 0 bridgehead atoms. The minimum Gasteiger partial charge on any atom is -0.494 e. The van der Waals surface area contributed by atoms with Crippen molar-refractivity contribution in [3.05, 3.63) is 86.2 Å². The van der Waals surface area contributed by atoms with Crippen LogP contribution in [0.25, 0.3) is 22.6 Å². The van der Waals surface area contributed by atoms with Crippen molar-refractivity contribution in [3.8, 4) is 17.3 Å². The van der Waals surface area contributed by atoms with E-state index in [-0.39, 0.29) is 22.7 Å². The molecule has 0 aliphatic rings. The van der Waals surface area contributed by atoms with Gasteiger partial charge >= 0.3 is 0 Å². The quantitative estimate of drug-likeness (QED) is 0.273. The standard InChI is InChI=1S/C26H23N5O4S/c1-16-7-12-21-20(15-16)23(32)22(24(35-21)25-28-30-31-29-25)27-26(33)17-8-10-18(11-9-17)34-13-3-2-5-19-6-4-14-36-19/h4,6-12,14-15H,2-3,5,13H2,1H3,(H,27,33)(H,28,29,30,31). The van der Waals surface area contributed by atoms with Crippen LogP contribution in [0.4, 0.5) is 5.69 Å². The number of aromatic nitrogens is 4. The number of amides is 1. The maximum absolute atomic E-state index is 13.3. The van der Waals surface area contributed by atoms with Crippen molar-refractivity contribution in [1.82, 2.24) is 20.6 Å². The first kappa shape index (κ1) is 23.4.